The highest BCUT2D eigenvalue weighted by molar-refractivity contribution is 8.76. The molecule has 0 spiro atoms. The Morgan fingerprint density at radius 2 is 2.13 bits per heavy atom. The predicted octanol–water partition coefficient (Wildman–Crippen LogP) is -0.371. The van der Waals surface area contributed by atoms with E-state index in [-0.39, 0.29) is 56.4 Å². The molecule has 1 saturated heterocycles. The Bertz CT molecular complexity index is 1040. The van der Waals surface area contributed by atoms with E-state index >= 15 is 0 Å². The summed E-state index contributed by atoms with van der Waals surface area (Å²) in [5.41, 5.74) is 5.47. The molecule has 1 aromatic rings. The predicted molar refractivity (Wildman–Crippen MR) is 147 cm³/mol. The number of ether oxygens (including phenoxy) is 3. The number of nitrogens with one attached hydrogen (secondary N) is 2. The van der Waals surface area contributed by atoms with Crippen LogP contribution in [0.1, 0.15) is 31.6 Å². The minimum absolute atomic E-state index is 0.0110. The third kappa shape index (κ3) is 11.6. The third-order valence-corrected chi connectivity index (χ3v) is 7.46. The summed E-state index contributed by atoms with van der Waals surface area (Å²) in [4.78, 5) is 39.2. The Hall–Kier alpha value is -2.26. The van der Waals surface area contributed by atoms with E-state index in [1.54, 1.807) is 28.4 Å². The van der Waals surface area contributed by atoms with Crippen LogP contribution in [0.3, 0.4) is 0 Å². The SMILES string of the molecule is CB(O)NCCSSCCOC(=O)NCC#Cc1cn([C@H]2CC(OCCC(C)=O)[C@@H](CO)O2)c(=O)nc1N. The van der Waals surface area contributed by atoms with E-state index in [2.05, 4.69) is 27.4 Å². The summed E-state index contributed by atoms with van der Waals surface area (Å²) in [6, 6.07) is 0. The zero-order valence-corrected chi connectivity index (χ0v) is 23.0. The van der Waals surface area contributed by atoms with Gasteiger partial charge in [-0.25, -0.2) is 9.59 Å². The fourth-order valence-corrected chi connectivity index (χ4v) is 5.00. The van der Waals surface area contributed by atoms with Crippen molar-refractivity contribution >= 4 is 46.3 Å². The van der Waals surface area contributed by atoms with Crippen molar-refractivity contribution in [1.29, 1.82) is 0 Å². The lowest BCUT2D eigenvalue weighted by Gasteiger charge is -2.16. The zero-order valence-electron chi connectivity index (χ0n) is 21.4. The van der Waals surface area contributed by atoms with Gasteiger partial charge in [-0.2, -0.15) is 4.98 Å². The minimum atomic E-state index is -0.755. The second-order valence-electron chi connectivity index (χ2n) is 8.20. The lowest BCUT2D eigenvalue weighted by atomic mass is 9.89. The van der Waals surface area contributed by atoms with Crippen LogP contribution in [-0.2, 0) is 19.0 Å². The number of carbonyl (C=O) groups is 2. The van der Waals surface area contributed by atoms with Crippen LogP contribution in [0.4, 0.5) is 10.6 Å². The summed E-state index contributed by atoms with van der Waals surface area (Å²) >= 11 is 0. The summed E-state index contributed by atoms with van der Waals surface area (Å²) in [6.45, 7) is 3.90. The van der Waals surface area contributed by atoms with Crippen molar-refractivity contribution in [2.75, 3.05) is 50.1 Å². The van der Waals surface area contributed by atoms with Crippen molar-refractivity contribution in [2.24, 2.45) is 0 Å². The number of nitrogen functional groups attached to an aromatic ring is 1. The van der Waals surface area contributed by atoms with Gasteiger partial charge in [0.05, 0.1) is 31.4 Å². The molecule has 0 aliphatic carbocycles. The van der Waals surface area contributed by atoms with Crippen LogP contribution in [-0.4, -0.2) is 95.2 Å². The van der Waals surface area contributed by atoms with Gasteiger partial charge in [-0.05, 0) is 20.3 Å². The van der Waals surface area contributed by atoms with Gasteiger partial charge in [0, 0.05) is 30.5 Å². The van der Waals surface area contributed by atoms with Crippen molar-refractivity contribution in [3.05, 3.63) is 22.2 Å². The molecular weight excluding hydrogens is 537 g/mol. The fourth-order valence-electron chi connectivity index (χ4n) is 3.25. The summed E-state index contributed by atoms with van der Waals surface area (Å²) in [7, 11) is 2.64. The monoisotopic (exact) mass is 571 g/mol. The summed E-state index contributed by atoms with van der Waals surface area (Å²) in [6.07, 6.45) is -0.599. The maximum Gasteiger partial charge on any atom is 0.407 e. The first-order valence-corrected chi connectivity index (χ1v) is 14.5. The quantitative estimate of drug-likeness (QED) is 0.0795. The Balaban J connectivity index is 1.81. The molecule has 1 unspecified atom stereocenters. The average molecular weight is 571 g/mol. The number of amides is 1. The molecule has 13 nitrogen and oxygen atoms in total. The second kappa shape index (κ2) is 17.4. The number of hydrogen-bond acceptors (Lipinski definition) is 13. The molecule has 1 amide bonds. The molecule has 2 rings (SSSR count). The standard InChI is InChI=1S/C22H34BN5O8S2/c1-15(30)5-8-34-17-12-19(36-18(17)14-29)28-13-16(20(24)27-21(28)31)4-3-6-25-22(32)35-9-11-38-37-10-7-26-23(2)33/h13,17-19,26,29,33H,5-12,14H2,1-2H3,(H,25,32)(H2,24,27,31)/t17?,18-,19-/m1/s1. The molecule has 210 valence electrons. The number of Topliss-reactive ketones (excluding diaryl/α,β-unsaturated/α-hetero) is 1. The number of ketones is 1. The number of nitrogens with zero attached hydrogens (tertiary/aromatic N) is 2. The molecule has 0 aromatic carbocycles. The van der Waals surface area contributed by atoms with Gasteiger partial charge in [0.2, 0.25) is 0 Å². The van der Waals surface area contributed by atoms with Crippen LogP contribution in [0.2, 0.25) is 6.82 Å². The summed E-state index contributed by atoms with van der Waals surface area (Å²) < 4.78 is 17.7. The Morgan fingerprint density at radius 3 is 2.84 bits per heavy atom. The van der Waals surface area contributed by atoms with Gasteiger partial charge in [-0.15, -0.1) is 0 Å². The molecule has 0 saturated carbocycles. The van der Waals surface area contributed by atoms with Crippen molar-refractivity contribution in [3.8, 4) is 11.8 Å². The molecular formula is C22H34BN5O8S2. The minimum Gasteiger partial charge on any atom is -0.449 e. The zero-order chi connectivity index (χ0) is 27.9. The van der Waals surface area contributed by atoms with Crippen LogP contribution in [0.5, 0.6) is 0 Å². The number of nitrogens with two attached hydrogens (primary N) is 1. The highest BCUT2D eigenvalue weighted by atomic mass is 33.1. The van der Waals surface area contributed by atoms with E-state index in [0.29, 0.717) is 12.3 Å². The second-order valence-corrected chi connectivity index (χ2v) is 10.9. The highest BCUT2D eigenvalue weighted by Gasteiger charge is 2.37. The molecule has 6 N–H and O–H groups in total. The van der Waals surface area contributed by atoms with Gasteiger partial charge in [0.1, 0.15) is 30.5 Å². The molecule has 3 atom stereocenters. The summed E-state index contributed by atoms with van der Waals surface area (Å²) in [5.74, 6) is 6.86. The Morgan fingerprint density at radius 1 is 1.37 bits per heavy atom. The lowest BCUT2D eigenvalue weighted by Crippen LogP contribution is -2.32. The molecule has 38 heavy (non-hydrogen) atoms. The molecule has 1 aromatic heterocycles. The van der Waals surface area contributed by atoms with E-state index in [1.165, 1.54) is 17.7 Å². The van der Waals surface area contributed by atoms with E-state index in [9.17, 15) is 19.5 Å². The molecule has 2 heterocycles. The number of aromatic nitrogens is 2. The number of rotatable bonds is 15. The first kappa shape index (κ1) is 32.0. The normalized spacial score (nSPS) is 18.5. The topological polar surface area (TPSA) is 187 Å². The molecule has 16 heteroatoms. The van der Waals surface area contributed by atoms with E-state index in [0.717, 1.165) is 5.75 Å². The fraction of sp³-hybridized carbons (Fsp3) is 0.636. The Labute approximate surface area is 229 Å². The molecule has 0 bridgehead atoms. The van der Waals surface area contributed by atoms with E-state index < -0.39 is 37.3 Å². The molecule has 1 aliphatic heterocycles. The number of alkyl carbamates (subject to hydrolysis) is 1. The number of aliphatic hydroxyl groups is 1. The van der Waals surface area contributed by atoms with Crippen molar-refractivity contribution < 1.29 is 33.9 Å². The van der Waals surface area contributed by atoms with Gasteiger partial charge in [-0.1, -0.05) is 33.4 Å². The maximum absolute atomic E-state index is 12.4. The van der Waals surface area contributed by atoms with Crippen LogP contribution in [0, 0.1) is 11.8 Å². The van der Waals surface area contributed by atoms with E-state index in [1.807, 2.05) is 0 Å². The van der Waals surface area contributed by atoms with Crippen molar-refractivity contribution in [3.63, 3.8) is 0 Å². The highest BCUT2D eigenvalue weighted by Crippen LogP contribution is 2.30. The molecule has 1 aliphatic rings. The molecule has 0 radical (unpaired) electrons. The van der Waals surface area contributed by atoms with Crippen LogP contribution < -0.4 is 22.0 Å². The maximum atomic E-state index is 12.4. The van der Waals surface area contributed by atoms with Crippen LogP contribution >= 0.6 is 21.6 Å². The third-order valence-electron chi connectivity index (χ3n) is 5.09. The van der Waals surface area contributed by atoms with E-state index in [4.69, 9.17) is 25.0 Å². The van der Waals surface area contributed by atoms with Gasteiger partial charge < -0.3 is 40.6 Å². The van der Waals surface area contributed by atoms with Gasteiger partial charge in [-0.3, -0.25) is 9.36 Å². The van der Waals surface area contributed by atoms with Gasteiger partial charge >= 0.3 is 18.8 Å². The molecule has 1 fully saturated rings. The largest absolute Gasteiger partial charge is 0.449 e. The average Bonchev–Trinajstić information content (AvgIpc) is 3.27. The lowest BCUT2D eigenvalue weighted by molar-refractivity contribution is -0.119. The number of carbonyl (C=O) groups excluding carboxylic acids is 2. The first-order valence-electron chi connectivity index (χ1n) is 12.0. The van der Waals surface area contributed by atoms with Gasteiger partial charge in [0.15, 0.2) is 0 Å². The summed E-state index contributed by atoms with van der Waals surface area (Å²) in [5, 5.41) is 24.1. The number of anilines is 1. The Kier molecular flexibility index (Phi) is 14.6. The smallest absolute Gasteiger partial charge is 0.407 e. The van der Waals surface area contributed by atoms with Crippen LogP contribution in [0.25, 0.3) is 0 Å². The van der Waals surface area contributed by atoms with Crippen LogP contribution in [0.15, 0.2) is 11.0 Å². The van der Waals surface area contributed by atoms with Crippen molar-refractivity contribution in [1.82, 2.24) is 20.1 Å². The number of hydrogen-bond donors (Lipinski definition) is 5. The van der Waals surface area contributed by atoms with Gasteiger partial charge in [0.25, 0.3) is 0 Å². The van der Waals surface area contributed by atoms with Crippen molar-refractivity contribution in [2.45, 2.75) is 45.0 Å². The first-order chi connectivity index (χ1) is 18.2. The number of aliphatic hydroxyl groups excluding tert-OH is 1.